The van der Waals surface area contributed by atoms with Gasteiger partial charge in [0.1, 0.15) is 5.75 Å². The van der Waals surface area contributed by atoms with Gasteiger partial charge >= 0.3 is 0 Å². The number of rotatable bonds is 5. The van der Waals surface area contributed by atoms with Crippen LogP contribution < -0.4 is 15.4 Å². The second-order valence-electron chi connectivity index (χ2n) is 3.53. The van der Waals surface area contributed by atoms with Crippen molar-refractivity contribution in [2.75, 3.05) is 26.0 Å². The summed E-state index contributed by atoms with van der Waals surface area (Å²) in [5.74, 6) is 0.912. The maximum atomic E-state index is 11.0. The van der Waals surface area contributed by atoms with Crippen LogP contribution >= 0.6 is 0 Å². The van der Waals surface area contributed by atoms with Crippen molar-refractivity contribution in [3.63, 3.8) is 0 Å². The minimum absolute atomic E-state index is 0.0396. The third-order valence-electron chi connectivity index (χ3n) is 2.35. The first-order valence-electron chi connectivity index (χ1n) is 5.26. The van der Waals surface area contributed by atoms with E-state index in [1.807, 2.05) is 25.1 Å². The van der Waals surface area contributed by atoms with Crippen LogP contribution in [0.5, 0.6) is 5.75 Å². The third-order valence-corrected chi connectivity index (χ3v) is 2.35. The van der Waals surface area contributed by atoms with Crippen LogP contribution in [0.4, 0.5) is 5.69 Å². The number of carbonyl (C=O) groups is 1. The lowest BCUT2D eigenvalue weighted by Gasteiger charge is -2.09. The standard InChI is InChI=1S/C12H18N2O2/c1-9-8-10(4-5-11(9)16-3)14-7-6-12(15)13-2/h4-5,8,14H,6-7H2,1-3H3,(H,13,15). The van der Waals surface area contributed by atoms with Gasteiger partial charge in [0.15, 0.2) is 0 Å². The van der Waals surface area contributed by atoms with Gasteiger partial charge in [-0.15, -0.1) is 0 Å². The highest BCUT2D eigenvalue weighted by Gasteiger charge is 2.00. The number of carbonyl (C=O) groups excluding carboxylic acids is 1. The second kappa shape index (κ2) is 6.00. The van der Waals surface area contributed by atoms with Crippen molar-refractivity contribution in [2.45, 2.75) is 13.3 Å². The quantitative estimate of drug-likeness (QED) is 0.794. The van der Waals surface area contributed by atoms with Gasteiger partial charge in [0, 0.05) is 25.7 Å². The average molecular weight is 222 g/mol. The number of hydrogen-bond acceptors (Lipinski definition) is 3. The smallest absolute Gasteiger partial charge is 0.221 e. The number of benzene rings is 1. The van der Waals surface area contributed by atoms with Crippen molar-refractivity contribution in [2.24, 2.45) is 0 Å². The third kappa shape index (κ3) is 3.46. The summed E-state index contributed by atoms with van der Waals surface area (Å²) in [6, 6.07) is 5.86. The normalized spacial score (nSPS) is 9.69. The Balaban J connectivity index is 2.49. The second-order valence-corrected chi connectivity index (χ2v) is 3.53. The molecule has 0 bridgehead atoms. The van der Waals surface area contributed by atoms with Gasteiger partial charge in [0.25, 0.3) is 0 Å². The fraction of sp³-hybridized carbons (Fsp3) is 0.417. The Morgan fingerprint density at radius 3 is 2.75 bits per heavy atom. The Hall–Kier alpha value is -1.71. The molecular formula is C12H18N2O2. The summed E-state index contributed by atoms with van der Waals surface area (Å²) in [6.45, 7) is 2.62. The van der Waals surface area contributed by atoms with Crippen molar-refractivity contribution in [3.05, 3.63) is 23.8 Å². The van der Waals surface area contributed by atoms with Crippen LogP contribution in [0.15, 0.2) is 18.2 Å². The first-order valence-corrected chi connectivity index (χ1v) is 5.26. The largest absolute Gasteiger partial charge is 0.496 e. The number of anilines is 1. The summed E-state index contributed by atoms with van der Waals surface area (Å²) in [7, 11) is 3.29. The van der Waals surface area contributed by atoms with E-state index >= 15 is 0 Å². The molecule has 2 N–H and O–H groups in total. The summed E-state index contributed by atoms with van der Waals surface area (Å²) in [5, 5.41) is 5.77. The number of aryl methyl sites for hydroxylation is 1. The lowest BCUT2D eigenvalue weighted by molar-refractivity contribution is -0.120. The van der Waals surface area contributed by atoms with Gasteiger partial charge in [-0.3, -0.25) is 4.79 Å². The zero-order valence-corrected chi connectivity index (χ0v) is 9.96. The molecular weight excluding hydrogens is 204 g/mol. The van der Waals surface area contributed by atoms with Gasteiger partial charge in [-0.05, 0) is 30.7 Å². The number of amides is 1. The molecule has 0 aliphatic carbocycles. The molecule has 0 fully saturated rings. The van der Waals surface area contributed by atoms with Crippen molar-refractivity contribution >= 4 is 11.6 Å². The highest BCUT2D eigenvalue weighted by Crippen LogP contribution is 2.21. The SMILES string of the molecule is CNC(=O)CCNc1ccc(OC)c(C)c1. The number of methoxy groups -OCH3 is 1. The van der Waals surface area contributed by atoms with Crippen molar-refractivity contribution in [1.29, 1.82) is 0 Å². The molecule has 1 amide bonds. The number of ether oxygens (including phenoxy) is 1. The lowest BCUT2D eigenvalue weighted by Crippen LogP contribution is -2.20. The minimum atomic E-state index is 0.0396. The molecule has 0 spiro atoms. The Morgan fingerprint density at radius 1 is 1.44 bits per heavy atom. The monoisotopic (exact) mass is 222 g/mol. The first-order chi connectivity index (χ1) is 7.67. The summed E-state index contributed by atoms with van der Waals surface area (Å²) in [4.78, 5) is 11.0. The van der Waals surface area contributed by atoms with Gasteiger partial charge < -0.3 is 15.4 Å². The lowest BCUT2D eigenvalue weighted by atomic mass is 10.2. The molecule has 0 unspecified atom stereocenters. The van der Waals surface area contributed by atoms with Crippen LogP contribution in [0.1, 0.15) is 12.0 Å². The molecule has 4 heteroatoms. The van der Waals surface area contributed by atoms with Crippen LogP contribution in [-0.4, -0.2) is 26.6 Å². The fourth-order valence-corrected chi connectivity index (χ4v) is 1.43. The van der Waals surface area contributed by atoms with Crippen LogP contribution in [0.2, 0.25) is 0 Å². The van der Waals surface area contributed by atoms with Crippen LogP contribution in [0, 0.1) is 6.92 Å². The van der Waals surface area contributed by atoms with E-state index in [2.05, 4.69) is 10.6 Å². The van der Waals surface area contributed by atoms with Gasteiger partial charge in [-0.1, -0.05) is 0 Å². The Morgan fingerprint density at radius 2 is 2.19 bits per heavy atom. The summed E-state index contributed by atoms with van der Waals surface area (Å²) < 4.78 is 5.17. The minimum Gasteiger partial charge on any atom is -0.496 e. The topological polar surface area (TPSA) is 50.4 Å². The molecule has 1 aromatic rings. The first kappa shape index (κ1) is 12.4. The molecule has 0 aliphatic heterocycles. The molecule has 0 saturated carbocycles. The van der Waals surface area contributed by atoms with Gasteiger partial charge in [0.2, 0.25) is 5.91 Å². The molecule has 0 aromatic heterocycles. The molecule has 88 valence electrons. The fourth-order valence-electron chi connectivity index (χ4n) is 1.43. The molecule has 0 atom stereocenters. The molecule has 4 nitrogen and oxygen atoms in total. The molecule has 16 heavy (non-hydrogen) atoms. The van der Waals surface area contributed by atoms with Crippen molar-refractivity contribution in [1.82, 2.24) is 5.32 Å². The van der Waals surface area contributed by atoms with Gasteiger partial charge in [0.05, 0.1) is 7.11 Å². The maximum absolute atomic E-state index is 11.0. The molecule has 0 saturated heterocycles. The van der Waals surface area contributed by atoms with E-state index in [4.69, 9.17) is 4.74 Å². The average Bonchev–Trinajstić information content (AvgIpc) is 2.29. The van der Waals surface area contributed by atoms with Crippen molar-refractivity contribution in [3.8, 4) is 5.75 Å². The van der Waals surface area contributed by atoms with E-state index in [1.165, 1.54) is 0 Å². The van der Waals surface area contributed by atoms with E-state index in [1.54, 1.807) is 14.2 Å². The summed E-state index contributed by atoms with van der Waals surface area (Å²) >= 11 is 0. The predicted molar refractivity (Wildman–Crippen MR) is 64.9 cm³/mol. The van der Waals surface area contributed by atoms with E-state index < -0.39 is 0 Å². The predicted octanol–water partition coefficient (Wildman–Crippen LogP) is 1.55. The molecule has 1 aromatic carbocycles. The Labute approximate surface area is 96.0 Å². The van der Waals surface area contributed by atoms with Crippen molar-refractivity contribution < 1.29 is 9.53 Å². The summed E-state index contributed by atoms with van der Waals surface area (Å²) in [5.41, 5.74) is 2.08. The molecule has 0 heterocycles. The molecule has 0 radical (unpaired) electrons. The molecule has 0 aliphatic rings. The highest BCUT2D eigenvalue weighted by molar-refractivity contribution is 5.76. The van der Waals surface area contributed by atoms with Gasteiger partial charge in [-0.2, -0.15) is 0 Å². The van der Waals surface area contributed by atoms with E-state index in [0.717, 1.165) is 17.0 Å². The van der Waals surface area contributed by atoms with Crippen LogP contribution in [0.3, 0.4) is 0 Å². The Kier molecular flexibility index (Phi) is 4.64. The summed E-state index contributed by atoms with van der Waals surface area (Å²) in [6.07, 6.45) is 0.474. The van der Waals surface area contributed by atoms with Crippen LogP contribution in [0.25, 0.3) is 0 Å². The van der Waals surface area contributed by atoms with Gasteiger partial charge in [-0.25, -0.2) is 0 Å². The Bertz CT molecular complexity index is 364. The van der Waals surface area contributed by atoms with E-state index in [9.17, 15) is 4.79 Å². The maximum Gasteiger partial charge on any atom is 0.221 e. The highest BCUT2D eigenvalue weighted by atomic mass is 16.5. The molecule has 1 rings (SSSR count). The zero-order chi connectivity index (χ0) is 12.0. The van der Waals surface area contributed by atoms with E-state index in [-0.39, 0.29) is 5.91 Å². The number of nitrogens with one attached hydrogen (secondary N) is 2. The van der Waals surface area contributed by atoms with E-state index in [0.29, 0.717) is 13.0 Å². The van der Waals surface area contributed by atoms with Crippen LogP contribution in [-0.2, 0) is 4.79 Å². The number of hydrogen-bond donors (Lipinski definition) is 2. The zero-order valence-electron chi connectivity index (χ0n) is 9.96.